The van der Waals surface area contributed by atoms with Crippen LogP contribution in [0.1, 0.15) is 24.0 Å². The van der Waals surface area contributed by atoms with Crippen molar-refractivity contribution in [2.45, 2.75) is 29.1 Å². The number of nitrogens with two attached hydrogens (primary N) is 2. The first-order chi connectivity index (χ1) is 15.2. The number of nitrogens with zero attached hydrogens (tertiary/aromatic N) is 3. The zero-order valence-corrected chi connectivity index (χ0v) is 18.9. The highest BCUT2D eigenvalue weighted by molar-refractivity contribution is 7.93. The van der Waals surface area contributed by atoms with Crippen LogP contribution in [0.4, 0.5) is 5.69 Å². The van der Waals surface area contributed by atoms with Crippen LogP contribution in [-0.2, 0) is 26.3 Å². The van der Waals surface area contributed by atoms with Gasteiger partial charge in [-0.2, -0.15) is 5.11 Å². The minimum absolute atomic E-state index is 0.0252. The number of hydrogen-bond donors (Lipinski definition) is 3. The Labute approximate surface area is 186 Å². The molecular weight excluding hydrogens is 452 g/mol. The first-order valence-electron chi connectivity index (χ1n) is 10.1. The molecular formula is C20H24N6O4S2. The molecule has 0 saturated carbocycles. The Balaban J connectivity index is 2.07. The second-order valence-corrected chi connectivity index (χ2v) is 11.1. The number of sulfonamides is 1. The van der Waals surface area contributed by atoms with Gasteiger partial charge in [-0.05, 0) is 54.6 Å². The Hall–Kier alpha value is -2.67. The summed E-state index contributed by atoms with van der Waals surface area (Å²) in [5.41, 5.74) is 8.75. The lowest BCUT2D eigenvalue weighted by molar-refractivity contribution is 0.582. The molecule has 0 amide bonds. The second-order valence-electron chi connectivity index (χ2n) is 7.55. The van der Waals surface area contributed by atoms with E-state index in [0.717, 1.165) is 36.2 Å². The molecule has 0 atom stereocenters. The Morgan fingerprint density at radius 2 is 1.88 bits per heavy atom. The summed E-state index contributed by atoms with van der Waals surface area (Å²) in [5.74, 6) is -0.259. The molecule has 12 heteroatoms. The van der Waals surface area contributed by atoms with E-state index in [-0.39, 0.29) is 41.7 Å². The molecule has 0 saturated heterocycles. The molecule has 0 unspecified atom stereocenters. The minimum Gasteiger partial charge on any atom is -0.385 e. The Kier molecular flexibility index (Phi) is 6.12. The van der Waals surface area contributed by atoms with Gasteiger partial charge in [0, 0.05) is 17.8 Å². The van der Waals surface area contributed by atoms with E-state index in [1.165, 1.54) is 6.07 Å². The molecule has 2 heterocycles. The van der Waals surface area contributed by atoms with Crippen LogP contribution >= 0.6 is 0 Å². The Morgan fingerprint density at radius 1 is 1.06 bits per heavy atom. The minimum atomic E-state index is -4.47. The number of aliphatic imine (C=N–C) groups is 1. The van der Waals surface area contributed by atoms with Crippen LogP contribution in [0.3, 0.4) is 0 Å². The van der Waals surface area contributed by atoms with Crippen molar-refractivity contribution in [1.82, 2.24) is 0 Å². The molecule has 0 aromatic heterocycles. The maximum absolute atomic E-state index is 13.0. The fourth-order valence-electron chi connectivity index (χ4n) is 4.04. The highest BCUT2D eigenvalue weighted by Crippen LogP contribution is 2.39. The third-order valence-electron chi connectivity index (χ3n) is 5.42. The monoisotopic (exact) mass is 476 g/mol. The molecule has 0 fully saturated rings. The van der Waals surface area contributed by atoms with Crippen molar-refractivity contribution in [3.8, 4) is 11.1 Å². The normalized spacial score (nSPS) is 15.9. The number of fused-ring (bicyclic) bond motifs is 1. The summed E-state index contributed by atoms with van der Waals surface area (Å²) in [6.07, 6.45) is 1.88. The highest BCUT2D eigenvalue weighted by Gasteiger charge is 2.33. The van der Waals surface area contributed by atoms with E-state index in [0.29, 0.717) is 5.56 Å². The lowest BCUT2D eigenvalue weighted by Gasteiger charge is -2.23. The molecule has 10 nitrogen and oxygen atoms in total. The standard InChI is InChI=1S/C20H24N6O4S2/c21-9-3-11-31(27,28)17-8-7-15(13-4-1-6-16-14(13)5-2-10-23-16)18(19(17)32(22,29)30)20-24-12-25-26-20/h1,4,6-8,23H,2-3,5,9-12,21H2,(H2,22,29,30). The van der Waals surface area contributed by atoms with Crippen LogP contribution < -0.4 is 16.2 Å². The van der Waals surface area contributed by atoms with E-state index in [1.54, 1.807) is 6.07 Å². The largest absolute Gasteiger partial charge is 0.385 e. The maximum atomic E-state index is 13.0. The van der Waals surface area contributed by atoms with Crippen LogP contribution in [0.15, 0.2) is 55.3 Å². The molecule has 2 aromatic carbocycles. The van der Waals surface area contributed by atoms with E-state index in [2.05, 4.69) is 20.5 Å². The van der Waals surface area contributed by atoms with Crippen molar-refractivity contribution in [2.75, 3.05) is 30.8 Å². The molecule has 0 radical (unpaired) electrons. The summed E-state index contributed by atoms with van der Waals surface area (Å²) in [6, 6.07) is 8.58. The van der Waals surface area contributed by atoms with Gasteiger partial charge in [-0.1, -0.05) is 18.2 Å². The van der Waals surface area contributed by atoms with Crippen LogP contribution in [0.2, 0.25) is 0 Å². The molecule has 32 heavy (non-hydrogen) atoms. The summed E-state index contributed by atoms with van der Waals surface area (Å²) in [7, 11) is -8.45. The van der Waals surface area contributed by atoms with Crippen LogP contribution in [0, 0.1) is 0 Å². The molecule has 0 bridgehead atoms. The number of rotatable bonds is 7. The van der Waals surface area contributed by atoms with Crippen molar-refractivity contribution < 1.29 is 16.8 Å². The summed E-state index contributed by atoms with van der Waals surface area (Å²) >= 11 is 0. The summed E-state index contributed by atoms with van der Waals surface area (Å²) in [6.45, 7) is 1.02. The van der Waals surface area contributed by atoms with E-state index >= 15 is 0 Å². The Bertz CT molecular complexity index is 1330. The molecule has 0 spiro atoms. The molecule has 2 aliphatic heterocycles. The maximum Gasteiger partial charge on any atom is 0.240 e. The van der Waals surface area contributed by atoms with Gasteiger partial charge in [0.05, 0.1) is 10.6 Å². The first-order valence-corrected chi connectivity index (χ1v) is 13.3. The SMILES string of the molecule is NCCCS(=O)(=O)c1ccc(-c2cccc3c2CCCN3)c(C2=NCN=N2)c1S(N)(=O)=O. The third kappa shape index (κ3) is 4.18. The number of nitrogens with one attached hydrogen (secondary N) is 1. The summed E-state index contributed by atoms with van der Waals surface area (Å²) in [4.78, 5) is 3.31. The van der Waals surface area contributed by atoms with Gasteiger partial charge in [0.1, 0.15) is 4.90 Å². The van der Waals surface area contributed by atoms with Crippen molar-refractivity contribution in [1.29, 1.82) is 0 Å². The van der Waals surface area contributed by atoms with Crippen LogP contribution in [-0.4, -0.2) is 48.2 Å². The topological polar surface area (TPSA) is 169 Å². The predicted molar refractivity (Wildman–Crippen MR) is 122 cm³/mol. The zero-order chi connectivity index (χ0) is 22.9. The predicted octanol–water partition coefficient (Wildman–Crippen LogP) is 1.65. The van der Waals surface area contributed by atoms with Gasteiger partial charge in [0.25, 0.3) is 0 Å². The number of anilines is 1. The number of amidine groups is 1. The molecule has 4 rings (SSSR count). The average Bonchev–Trinajstić information content (AvgIpc) is 3.30. The average molecular weight is 477 g/mol. The lowest BCUT2D eigenvalue weighted by atomic mass is 9.90. The van der Waals surface area contributed by atoms with Gasteiger partial charge < -0.3 is 11.1 Å². The fraction of sp³-hybridized carbons (Fsp3) is 0.350. The quantitative estimate of drug-likeness (QED) is 0.548. The highest BCUT2D eigenvalue weighted by atomic mass is 32.2. The number of benzene rings is 2. The first kappa shape index (κ1) is 22.5. The smallest absolute Gasteiger partial charge is 0.240 e. The van der Waals surface area contributed by atoms with Gasteiger partial charge in [-0.3, -0.25) is 0 Å². The Morgan fingerprint density at radius 3 is 2.56 bits per heavy atom. The lowest BCUT2D eigenvalue weighted by Crippen LogP contribution is -2.23. The van der Waals surface area contributed by atoms with Crippen molar-refractivity contribution in [2.24, 2.45) is 26.1 Å². The molecule has 2 aromatic rings. The number of sulfone groups is 1. The molecule has 170 valence electrons. The molecule has 5 N–H and O–H groups in total. The number of primary sulfonamides is 1. The van der Waals surface area contributed by atoms with Gasteiger partial charge in [0.15, 0.2) is 22.3 Å². The van der Waals surface area contributed by atoms with Crippen molar-refractivity contribution in [3.63, 3.8) is 0 Å². The van der Waals surface area contributed by atoms with Crippen LogP contribution in [0.25, 0.3) is 11.1 Å². The third-order valence-corrected chi connectivity index (χ3v) is 8.38. The van der Waals surface area contributed by atoms with Gasteiger partial charge in [0.2, 0.25) is 10.0 Å². The van der Waals surface area contributed by atoms with Crippen molar-refractivity contribution in [3.05, 3.63) is 41.5 Å². The van der Waals surface area contributed by atoms with Gasteiger partial charge in [-0.25, -0.2) is 27.0 Å². The summed E-state index contributed by atoms with van der Waals surface area (Å²) < 4.78 is 51.6. The van der Waals surface area contributed by atoms with E-state index in [4.69, 9.17) is 10.9 Å². The van der Waals surface area contributed by atoms with E-state index < -0.39 is 24.8 Å². The number of azo groups is 1. The van der Waals surface area contributed by atoms with E-state index in [9.17, 15) is 16.8 Å². The molecule has 2 aliphatic rings. The van der Waals surface area contributed by atoms with Gasteiger partial charge >= 0.3 is 0 Å². The molecule has 0 aliphatic carbocycles. The summed E-state index contributed by atoms with van der Waals surface area (Å²) in [5, 5.41) is 16.7. The zero-order valence-electron chi connectivity index (χ0n) is 17.3. The second kappa shape index (κ2) is 8.70. The van der Waals surface area contributed by atoms with E-state index in [1.807, 2.05) is 18.2 Å². The van der Waals surface area contributed by atoms with Gasteiger partial charge in [-0.15, -0.1) is 5.11 Å². The van der Waals surface area contributed by atoms with Crippen molar-refractivity contribution >= 4 is 31.4 Å². The number of hydrogen-bond acceptors (Lipinski definition) is 9. The fourth-order valence-corrected chi connectivity index (χ4v) is 7.03. The van der Waals surface area contributed by atoms with Crippen LogP contribution in [0.5, 0.6) is 0 Å².